The van der Waals surface area contributed by atoms with Gasteiger partial charge in [-0.2, -0.15) is 0 Å². The molecule has 5 nitrogen and oxygen atoms in total. The summed E-state index contributed by atoms with van der Waals surface area (Å²) in [6.45, 7) is 4.95. The predicted molar refractivity (Wildman–Crippen MR) is 106 cm³/mol. The van der Waals surface area contributed by atoms with Gasteiger partial charge in [0.25, 0.3) is 0 Å². The molecule has 1 saturated heterocycles. The van der Waals surface area contributed by atoms with E-state index in [0.717, 1.165) is 31.9 Å². The van der Waals surface area contributed by atoms with Crippen LogP contribution in [0, 0.1) is 5.82 Å². The zero-order valence-electron chi connectivity index (χ0n) is 15.4. The highest BCUT2D eigenvalue weighted by Gasteiger charge is 2.26. The molecule has 1 atom stereocenters. The average Bonchev–Trinajstić information content (AvgIpc) is 2.68. The Morgan fingerprint density at radius 3 is 2.44 bits per heavy atom. The highest BCUT2D eigenvalue weighted by molar-refractivity contribution is 6.31. The van der Waals surface area contributed by atoms with E-state index in [1.165, 1.54) is 12.1 Å². The molecule has 0 unspecified atom stereocenters. The number of halogens is 2. The largest absolute Gasteiger partial charge is 0.495 e. The summed E-state index contributed by atoms with van der Waals surface area (Å²) >= 11 is 6.02. The van der Waals surface area contributed by atoms with Crippen molar-refractivity contribution in [3.63, 3.8) is 0 Å². The molecule has 1 N–H and O–H groups in total. The second-order valence-corrected chi connectivity index (χ2v) is 6.95. The smallest absolute Gasteiger partial charge is 0.241 e. The van der Waals surface area contributed by atoms with Crippen LogP contribution in [-0.4, -0.2) is 50.1 Å². The predicted octanol–water partition coefficient (Wildman–Crippen LogP) is 3.64. The van der Waals surface area contributed by atoms with Gasteiger partial charge in [0, 0.05) is 36.9 Å². The molecular formula is C20H23ClFN3O2. The first-order valence-corrected chi connectivity index (χ1v) is 9.24. The van der Waals surface area contributed by atoms with Gasteiger partial charge in [-0.1, -0.05) is 11.6 Å². The summed E-state index contributed by atoms with van der Waals surface area (Å²) in [5.74, 6) is 0.228. The first-order chi connectivity index (χ1) is 13.0. The van der Waals surface area contributed by atoms with Crippen molar-refractivity contribution in [2.24, 2.45) is 0 Å². The number of nitrogens with zero attached hydrogens (tertiary/aromatic N) is 2. The normalized spacial score (nSPS) is 16.1. The molecule has 0 bridgehead atoms. The molecular weight excluding hydrogens is 369 g/mol. The van der Waals surface area contributed by atoms with Gasteiger partial charge in [0.05, 0.1) is 18.8 Å². The maximum absolute atomic E-state index is 13.1. The van der Waals surface area contributed by atoms with Crippen molar-refractivity contribution in [3.05, 3.63) is 53.3 Å². The number of nitrogens with one attached hydrogen (secondary N) is 1. The fourth-order valence-corrected chi connectivity index (χ4v) is 3.37. The monoisotopic (exact) mass is 391 g/mol. The third-order valence-corrected chi connectivity index (χ3v) is 5.09. The fraction of sp³-hybridized carbons (Fsp3) is 0.350. The van der Waals surface area contributed by atoms with E-state index in [-0.39, 0.29) is 17.8 Å². The molecule has 0 spiro atoms. The summed E-state index contributed by atoms with van der Waals surface area (Å²) in [4.78, 5) is 17.0. The first-order valence-electron chi connectivity index (χ1n) is 8.87. The molecule has 1 aliphatic heterocycles. The Morgan fingerprint density at radius 1 is 1.15 bits per heavy atom. The lowest BCUT2D eigenvalue weighted by Gasteiger charge is -2.38. The van der Waals surface area contributed by atoms with E-state index >= 15 is 0 Å². The number of ether oxygens (including phenoxy) is 1. The number of amides is 1. The summed E-state index contributed by atoms with van der Waals surface area (Å²) in [6.07, 6.45) is 0. The van der Waals surface area contributed by atoms with E-state index in [0.29, 0.717) is 16.5 Å². The lowest BCUT2D eigenvalue weighted by Crippen LogP contribution is -2.52. The van der Waals surface area contributed by atoms with Crippen molar-refractivity contribution in [1.82, 2.24) is 4.90 Å². The Morgan fingerprint density at radius 2 is 1.81 bits per heavy atom. The lowest BCUT2D eigenvalue weighted by molar-refractivity contribution is -0.120. The maximum atomic E-state index is 13.1. The molecule has 2 aromatic carbocycles. The van der Waals surface area contributed by atoms with Crippen molar-refractivity contribution in [1.29, 1.82) is 0 Å². The van der Waals surface area contributed by atoms with Crippen LogP contribution in [0.25, 0.3) is 0 Å². The van der Waals surface area contributed by atoms with E-state index < -0.39 is 0 Å². The highest BCUT2D eigenvalue weighted by Crippen LogP contribution is 2.28. The summed E-state index contributed by atoms with van der Waals surface area (Å²) in [5, 5.41) is 3.44. The standard InChI is InChI=1S/C20H23ClFN3O2/c1-14(20(26)23-18-13-15(21)3-8-19(18)27-2)24-9-11-25(12-10-24)17-6-4-16(22)5-7-17/h3-8,13-14H,9-12H2,1-2H3,(H,23,26)/t14-/m0/s1. The van der Waals surface area contributed by atoms with E-state index in [9.17, 15) is 9.18 Å². The van der Waals surface area contributed by atoms with Gasteiger partial charge in [-0.05, 0) is 49.4 Å². The summed E-state index contributed by atoms with van der Waals surface area (Å²) in [6, 6.07) is 11.3. The topological polar surface area (TPSA) is 44.8 Å². The van der Waals surface area contributed by atoms with Crippen LogP contribution in [0.4, 0.5) is 15.8 Å². The molecule has 3 rings (SSSR count). The zero-order chi connectivity index (χ0) is 19.4. The Balaban J connectivity index is 1.58. The van der Waals surface area contributed by atoms with Gasteiger partial charge in [0.2, 0.25) is 5.91 Å². The summed E-state index contributed by atoms with van der Waals surface area (Å²) < 4.78 is 18.4. The Labute approximate surface area is 163 Å². The number of hydrogen-bond donors (Lipinski definition) is 1. The van der Waals surface area contributed by atoms with Crippen LogP contribution in [0.3, 0.4) is 0 Å². The van der Waals surface area contributed by atoms with Crippen LogP contribution in [0.15, 0.2) is 42.5 Å². The zero-order valence-corrected chi connectivity index (χ0v) is 16.2. The SMILES string of the molecule is COc1ccc(Cl)cc1NC(=O)[C@H](C)N1CCN(c2ccc(F)cc2)CC1. The third-order valence-electron chi connectivity index (χ3n) is 4.85. The maximum Gasteiger partial charge on any atom is 0.241 e. The van der Waals surface area contributed by atoms with E-state index in [4.69, 9.17) is 16.3 Å². The van der Waals surface area contributed by atoms with Crippen LogP contribution in [-0.2, 0) is 4.79 Å². The van der Waals surface area contributed by atoms with Crippen molar-refractivity contribution >= 4 is 28.9 Å². The Hall–Kier alpha value is -2.31. The fourth-order valence-electron chi connectivity index (χ4n) is 3.20. The van der Waals surface area contributed by atoms with Crippen LogP contribution in [0.1, 0.15) is 6.92 Å². The van der Waals surface area contributed by atoms with Gasteiger partial charge in [-0.3, -0.25) is 9.69 Å². The second-order valence-electron chi connectivity index (χ2n) is 6.51. The van der Waals surface area contributed by atoms with Crippen molar-refractivity contribution in [2.75, 3.05) is 43.5 Å². The van der Waals surface area contributed by atoms with Crippen LogP contribution < -0.4 is 15.0 Å². The molecule has 1 aliphatic rings. The van der Waals surface area contributed by atoms with Gasteiger partial charge in [-0.25, -0.2) is 4.39 Å². The number of piperazine rings is 1. The number of carbonyl (C=O) groups excluding carboxylic acids is 1. The molecule has 0 aliphatic carbocycles. The third kappa shape index (κ3) is 4.70. The number of carbonyl (C=O) groups is 1. The first kappa shape index (κ1) is 19.5. The number of hydrogen-bond acceptors (Lipinski definition) is 4. The average molecular weight is 392 g/mol. The molecule has 144 valence electrons. The van der Waals surface area contributed by atoms with Gasteiger partial charge >= 0.3 is 0 Å². The van der Waals surface area contributed by atoms with Crippen LogP contribution in [0.5, 0.6) is 5.75 Å². The number of benzene rings is 2. The molecule has 7 heteroatoms. The Kier molecular flexibility index (Phi) is 6.19. The molecule has 0 radical (unpaired) electrons. The number of rotatable bonds is 5. The van der Waals surface area contributed by atoms with Crippen LogP contribution in [0.2, 0.25) is 5.02 Å². The quantitative estimate of drug-likeness (QED) is 0.845. The minimum Gasteiger partial charge on any atom is -0.495 e. The molecule has 27 heavy (non-hydrogen) atoms. The minimum absolute atomic E-state index is 0.106. The summed E-state index contributed by atoms with van der Waals surface area (Å²) in [5.41, 5.74) is 1.56. The summed E-state index contributed by atoms with van der Waals surface area (Å²) in [7, 11) is 1.55. The minimum atomic E-state index is -0.288. The van der Waals surface area contributed by atoms with E-state index in [2.05, 4.69) is 15.1 Å². The molecule has 1 amide bonds. The van der Waals surface area contributed by atoms with Crippen molar-refractivity contribution in [3.8, 4) is 5.75 Å². The van der Waals surface area contributed by atoms with Gasteiger partial charge in [0.15, 0.2) is 0 Å². The Bertz CT molecular complexity index is 792. The van der Waals surface area contributed by atoms with E-state index in [1.807, 2.05) is 6.92 Å². The molecule has 1 heterocycles. The van der Waals surface area contributed by atoms with Crippen molar-refractivity contribution < 1.29 is 13.9 Å². The molecule has 1 fully saturated rings. The molecule has 0 aromatic heterocycles. The molecule has 2 aromatic rings. The highest BCUT2D eigenvalue weighted by atomic mass is 35.5. The van der Waals surface area contributed by atoms with Crippen LogP contribution >= 0.6 is 11.6 Å². The van der Waals surface area contributed by atoms with E-state index in [1.54, 1.807) is 37.4 Å². The second kappa shape index (κ2) is 8.59. The lowest BCUT2D eigenvalue weighted by atomic mass is 10.2. The van der Waals surface area contributed by atoms with Gasteiger partial charge < -0.3 is 15.0 Å². The number of anilines is 2. The van der Waals surface area contributed by atoms with Crippen molar-refractivity contribution in [2.45, 2.75) is 13.0 Å². The molecule has 0 saturated carbocycles. The van der Waals surface area contributed by atoms with Gasteiger partial charge in [-0.15, -0.1) is 0 Å². The number of methoxy groups -OCH3 is 1. The van der Waals surface area contributed by atoms with Gasteiger partial charge in [0.1, 0.15) is 11.6 Å².